The third-order valence-corrected chi connectivity index (χ3v) is 5.36. The van der Waals surface area contributed by atoms with Gasteiger partial charge in [-0.1, -0.05) is 12.1 Å². The molecule has 1 aliphatic heterocycles. The summed E-state index contributed by atoms with van der Waals surface area (Å²) in [6, 6.07) is 7.47. The Kier molecular flexibility index (Phi) is 6.69. The summed E-state index contributed by atoms with van der Waals surface area (Å²) in [5.41, 5.74) is 0.750. The summed E-state index contributed by atoms with van der Waals surface area (Å²) < 4.78 is 5.31. The number of rotatable bonds is 6. The average Bonchev–Trinajstić information content (AvgIpc) is 2.54. The van der Waals surface area contributed by atoms with Crippen molar-refractivity contribution in [3.63, 3.8) is 0 Å². The molecular weight excluding hydrogens is 352 g/mol. The first-order valence-corrected chi connectivity index (χ1v) is 9.66. The second-order valence-electron chi connectivity index (χ2n) is 6.86. The van der Waals surface area contributed by atoms with Crippen LogP contribution in [-0.4, -0.2) is 46.1 Å². The summed E-state index contributed by atoms with van der Waals surface area (Å²) in [6.45, 7) is 9.26. The maximum atomic E-state index is 12.5. The zero-order chi connectivity index (χ0) is 19.4. The Balaban J connectivity index is 1.96. The van der Waals surface area contributed by atoms with Crippen LogP contribution in [-0.2, 0) is 19.1 Å². The van der Waals surface area contributed by atoms with E-state index in [-0.39, 0.29) is 30.3 Å². The minimum Gasteiger partial charge on any atom is -0.452 e. The van der Waals surface area contributed by atoms with Crippen molar-refractivity contribution < 1.29 is 19.1 Å². The number of carbonyl (C=O) groups excluding carboxylic acids is 3. The van der Waals surface area contributed by atoms with E-state index in [1.54, 1.807) is 11.8 Å². The van der Waals surface area contributed by atoms with Gasteiger partial charge in [-0.25, -0.2) is 0 Å². The lowest BCUT2D eigenvalue weighted by atomic mass is 10.2. The standard InChI is InChI=1S/C19H26N2O4S/c1-11(2)21(12(3)4)19(24)13(5)25-17(22)10-16-18(23)20-14-8-6-7-9-15(14)26-16/h6-9,11-13,16H,10H2,1-5H3,(H,20,23)/t13-,16-/m0/s1. The lowest BCUT2D eigenvalue weighted by Crippen LogP contribution is -2.47. The zero-order valence-electron chi connectivity index (χ0n) is 15.8. The van der Waals surface area contributed by atoms with Gasteiger partial charge in [-0.15, -0.1) is 11.8 Å². The fourth-order valence-corrected chi connectivity index (χ4v) is 4.08. The molecule has 0 fully saturated rings. The summed E-state index contributed by atoms with van der Waals surface area (Å²) >= 11 is 1.34. The summed E-state index contributed by atoms with van der Waals surface area (Å²) in [5.74, 6) is -1.00. The number of para-hydroxylation sites is 1. The van der Waals surface area contributed by atoms with Gasteiger partial charge in [0, 0.05) is 17.0 Å². The number of carbonyl (C=O) groups is 3. The molecule has 0 saturated carbocycles. The highest BCUT2D eigenvalue weighted by atomic mass is 32.2. The van der Waals surface area contributed by atoms with Gasteiger partial charge in [-0.05, 0) is 46.8 Å². The largest absolute Gasteiger partial charge is 0.452 e. The molecule has 1 aromatic carbocycles. The maximum absolute atomic E-state index is 12.5. The molecule has 2 rings (SSSR count). The molecule has 0 saturated heterocycles. The Hall–Kier alpha value is -2.02. The van der Waals surface area contributed by atoms with Gasteiger partial charge in [0.05, 0.1) is 17.4 Å². The quantitative estimate of drug-likeness (QED) is 0.770. The van der Waals surface area contributed by atoms with Crippen molar-refractivity contribution in [3.05, 3.63) is 24.3 Å². The monoisotopic (exact) mass is 378 g/mol. The number of nitrogens with zero attached hydrogens (tertiary/aromatic N) is 1. The second kappa shape index (κ2) is 8.58. The number of hydrogen-bond acceptors (Lipinski definition) is 5. The fraction of sp³-hybridized carbons (Fsp3) is 0.526. The summed E-state index contributed by atoms with van der Waals surface area (Å²) in [4.78, 5) is 39.6. The van der Waals surface area contributed by atoms with Gasteiger partial charge in [0.25, 0.3) is 5.91 Å². The maximum Gasteiger partial charge on any atom is 0.308 e. The lowest BCUT2D eigenvalue weighted by molar-refractivity contribution is -0.161. The Labute approximate surface area is 158 Å². The van der Waals surface area contributed by atoms with Crippen molar-refractivity contribution in [2.24, 2.45) is 0 Å². The molecule has 2 amide bonds. The number of fused-ring (bicyclic) bond motifs is 1. The van der Waals surface area contributed by atoms with Gasteiger partial charge in [0.2, 0.25) is 5.91 Å². The highest BCUT2D eigenvalue weighted by Crippen LogP contribution is 2.36. The number of anilines is 1. The molecular formula is C19H26N2O4S. The van der Waals surface area contributed by atoms with Gasteiger partial charge in [0.1, 0.15) is 0 Å². The van der Waals surface area contributed by atoms with Crippen molar-refractivity contribution in [2.45, 2.75) is 69.4 Å². The van der Waals surface area contributed by atoms with Crippen LogP contribution in [0.15, 0.2) is 29.2 Å². The molecule has 0 aromatic heterocycles. The third kappa shape index (κ3) is 4.78. The van der Waals surface area contributed by atoms with Crippen LogP contribution in [0, 0.1) is 0 Å². The summed E-state index contributed by atoms with van der Waals surface area (Å²) in [7, 11) is 0. The fourth-order valence-electron chi connectivity index (χ4n) is 2.99. The number of benzene rings is 1. The van der Waals surface area contributed by atoms with Crippen LogP contribution in [0.5, 0.6) is 0 Å². The van der Waals surface area contributed by atoms with E-state index in [0.717, 1.165) is 10.6 Å². The predicted molar refractivity (Wildman–Crippen MR) is 102 cm³/mol. The van der Waals surface area contributed by atoms with Crippen LogP contribution in [0.3, 0.4) is 0 Å². The first-order valence-electron chi connectivity index (χ1n) is 8.79. The molecule has 1 N–H and O–H groups in total. The molecule has 142 valence electrons. The predicted octanol–water partition coefficient (Wildman–Crippen LogP) is 3.07. The lowest BCUT2D eigenvalue weighted by Gasteiger charge is -2.32. The van der Waals surface area contributed by atoms with Gasteiger partial charge >= 0.3 is 5.97 Å². The first kappa shape index (κ1) is 20.3. The van der Waals surface area contributed by atoms with Gasteiger partial charge < -0.3 is 15.0 Å². The van der Waals surface area contributed by atoms with Crippen molar-refractivity contribution in [1.29, 1.82) is 0 Å². The van der Waals surface area contributed by atoms with Crippen LogP contribution in [0.2, 0.25) is 0 Å². The Morgan fingerprint density at radius 2 is 1.77 bits per heavy atom. The molecule has 2 atom stereocenters. The number of esters is 1. The van der Waals surface area contributed by atoms with Crippen molar-refractivity contribution in [1.82, 2.24) is 4.90 Å². The van der Waals surface area contributed by atoms with Crippen LogP contribution in [0.4, 0.5) is 5.69 Å². The normalized spacial score (nSPS) is 17.5. The van der Waals surface area contributed by atoms with E-state index in [1.165, 1.54) is 11.8 Å². The Bertz CT molecular complexity index is 682. The van der Waals surface area contributed by atoms with E-state index in [0.29, 0.717) is 0 Å². The summed E-state index contributed by atoms with van der Waals surface area (Å²) in [6.07, 6.45) is -0.956. The molecule has 0 aliphatic carbocycles. The highest BCUT2D eigenvalue weighted by molar-refractivity contribution is 8.01. The smallest absolute Gasteiger partial charge is 0.308 e. The molecule has 7 heteroatoms. The topological polar surface area (TPSA) is 75.7 Å². The van der Waals surface area contributed by atoms with Gasteiger partial charge in [-0.3, -0.25) is 14.4 Å². The second-order valence-corrected chi connectivity index (χ2v) is 8.11. The number of amides is 2. The van der Waals surface area contributed by atoms with E-state index in [1.807, 2.05) is 52.0 Å². The van der Waals surface area contributed by atoms with Crippen LogP contribution in [0.25, 0.3) is 0 Å². The van der Waals surface area contributed by atoms with Gasteiger partial charge in [0.15, 0.2) is 6.10 Å². The molecule has 0 bridgehead atoms. The minimum absolute atomic E-state index is 0.0137. The molecule has 1 heterocycles. The molecule has 26 heavy (non-hydrogen) atoms. The van der Waals surface area contributed by atoms with E-state index < -0.39 is 17.3 Å². The van der Waals surface area contributed by atoms with Crippen LogP contribution < -0.4 is 5.32 Å². The number of thioether (sulfide) groups is 1. The zero-order valence-corrected chi connectivity index (χ0v) is 16.6. The van der Waals surface area contributed by atoms with Crippen molar-refractivity contribution in [2.75, 3.05) is 5.32 Å². The first-order chi connectivity index (χ1) is 12.2. The minimum atomic E-state index is -0.878. The third-order valence-electron chi connectivity index (χ3n) is 4.08. The Morgan fingerprint density at radius 3 is 2.38 bits per heavy atom. The highest BCUT2D eigenvalue weighted by Gasteiger charge is 2.32. The molecule has 1 aromatic rings. The van der Waals surface area contributed by atoms with E-state index in [9.17, 15) is 14.4 Å². The molecule has 0 radical (unpaired) electrons. The molecule has 6 nitrogen and oxygen atoms in total. The molecule has 0 spiro atoms. The Morgan fingerprint density at radius 1 is 1.15 bits per heavy atom. The summed E-state index contributed by atoms with van der Waals surface area (Å²) in [5, 5.41) is 2.23. The van der Waals surface area contributed by atoms with Crippen molar-refractivity contribution in [3.8, 4) is 0 Å². The van der Waals surface area contributed by atoms with E-state index in [2.05, 4.69) is 5.32 Å². The molecule has 0 unspecified atom stereocenters. The number of ether oxygens (including phenoxy) is 1. The average molecular weight is 378 g/mol. The van der Waals surface area contributed by atoms with E-state index >= 15 is 0 Å². The van der Waals surface area contributed by atoms with Crippen LogP contribution in [0.1, 0.15) is 41.0 Å². The molecule has 1 aliphatic rings. The SMILES string of the molecule is CC(C)N(C(=O)[C@H](C)OC(=O)C[C@@H]1Sc2ccccc2NC1=O)C(C)C. The van der Waals surface area contributed by atoms with E-state index in [4.69, 9.17) is 4.74 Å². The van der Waals surface area contributed by atoms with Crippen molar-refractivity contribution >= 4 is 35.2 Å². The van der Waals surface area contributed by atoms with Gasteiger partial charge in [-0.2, -0.15) is 0 Å². The van der Waals surface area contributed by atoms with Crippen LogP contribution >= 0.6 is 11.8 Å². The number of nitrogens with one attached hydrogen (secondary N) is 1. The number of hydrogen-bond donors (Lipinski definition) is 1.